The van der Waals surface area contributed by atoms with Gasteiger partial charge in [0.2, 0.25) is 11.9 Å². The monoisotopic (exact) mass is 806 g/mol. The number of fused-ring (bicyclic) bond motifs is 4. The minimum Gasteiger partial charge on any atom is -0.475 e. The van der Waals surface area contributed by atoms with Gasteiger partial charge in [0, 0.05) is 50.7 Å². The zero-order valence-corrected chi connectivity index (χ0v) is 32.9. The third-order valence-corrected chi connectivity index (χ3v) is 10.2. The van der Waals surface area contributed by atoms with E-state index >= 15 is 0 Å². The molecule has 0 amide bonds. The molecular formula is C37H36Cl2N16O2. The molecule has 2 aliphatic heterocycles. The molecule has 20 heteroatoms. The predicted octanol–water partition coefficient (Wildman–Crippen LogP) is 6.66. The van der Waals surface area contributed by atoms with Crippen molar-refractivity contribution in [2.75, 3.05) is 23.8 Å². The molecule has 10 rings (SSSR count). The molecule has 0 saturated carbocycles. The summed E-state index contributed by atoms with van der Waals surface area (Å²) in [6.07, 6.45) is 9.21. The minimum absolute atomic E-state index is 0.399. The normalized spacial score (nSPS) is 13.6. The highest BCUT2D eigenvalue weighted by molar-refractivity contribution is 6.34. The van der Waals surface area contributed by atoms with E-state index in [1.54, 1.807) is 34.2 Å². The molecule has 8 aromatic rings. The van der Waals surface area contributed by atoms with Crippen molar-refractivity contribution in [3.63, 3.8) is 0 Å². The molecule has 290 valence electrons. The highest BCUT2D eigenvalue weighted by atomic mass is 35.5. The summed E-state index contributed by atoms with van der Waals surface area (Å²) in [6, 6.07) is 7.77. The van der Waals surface area contributed by atoms with Crippen LogP contribution in [0.25, 0.3) is 33.4 Å². The maximum absolute atomic E-state index is 6.22. The van der Waals surface area contributed by atoms with E-state index in [2.05, 4.69) is 62.8 Å². The smallest absolute Gasteiger partial charge is 0.257 e. The lowest BCUT2D eigenvalue weighted by molar-refractivity contribution is 0.288. The molecule has 0 unspecified atom stereocenters. The minimum atomic E-state index is 0.399. The molecule has 10 heterocycles. The Labute approximate surface area is 335 Å². The Morgan fingerprint density at radius 3 is 1.70 bits per heavy atom. The molecule has 2 N–H and O–H groups in total. The van der Waals surface area contributed by atoms with Crippen molar-refractivity contribution < 1.29 is 9.47 Å². The summed E-state index contributed by atoms with van der Waals surface area (Å²) in [5.74, 6) is 1.88. The van der Waals surface area contributed by atoms with Gasteiger partial charge in [0.25, 0.3) is 11.8 Å². The fourth-order valence-corrected chi connectivity index (χ4v) is 7.22. The Hall–Kier alpha value is -6.40. The molecular weight excluding hydrogens is 771 g/mol. The van der Waals surface area contributed by atoms with Crippen molar-refractivity contribution in [2.45, 2.75) is 60.0 Å². The van der Waals surface area contributed by atoms with E-state index in [1.807, 2.05) is 54.4 Å². The fourth-order valence-electron chi connectivity index (χ4n) is 6.77. The molecule has 2 aliphatic rings. The van der Waals surface area contributed by atoms with Crippen LogP contribution in [0.4, 0.5) is 23.3 Å². The van der Waals surface area contributed by atoms with Crippen molar-refractivity contribution in [1.82, 2.24) is 69.0 Å². The second kappa shape index (κ2) is 14.9. The van der Waals surface area contributed by atoms with Crippen LogP contribution in [-0.2, 0) is 19.5 Å². The van der Waals surface area contributed by atoms with Gasteiger partial charge in [0.15, 0.2) is 21.6 Å². The summed E-state index contributed by atoms with van der Waals surface area (Å²) in [4.78, 5) is 26.8. The number of aryl methyl sites for hydroxylation is 4. The van der Waals surface area contributed by atoms with Crippen molar-refractivity contribution >= 4 is 68.5 Å². The van der Waals surface area contributed by atoms with Gasteiger partial charge in [-0.3, -0.25) is 9.97 Å². The van der Waals surface area contributed by atoms with E-state index in [4.69, 9.17) is 37.8 Å². The number of rotatable bonds is 3. The Morgan fingerprint density at radius 2 is 1.18 bits per heavy atom. The highest BCUT2D eigenvalue weighted by Gasteiger charge is 2.24. The van der Waals surface area contributed by atoms with Crippen LogP contribution in [-0.4, -0.2) is 82.2 Å². The van der Waals surface area contributed by atoms with Crippen LogP contribution in [0.3, 0.4) is 0 Å². The van der Waals surface area contributed by atoms with E-state index in [1.165, 1.54) is 0 Å². The van der Waals surface area contributed by atoms with E-state index < -0.39 is 0 Å². The van der Waals surface area contributed by atoms with E-state index in [9.17, 15) is 0 Å². The lowest BCUT2D eigenvalue weighted by Gasteiger charge is -2.09. The van der Waals surface area contributed by atoms with Crippen LogP contribution in [0, 0.1) is 20.8 Å². The average molecular weight is 808 g/mol. The standard InChI is InChI=1S/C19H19ClN8O.C18H17ClN8O/c1-3-13-14(6-4-7-21-13)28-11(2)15-18(26-28)29-9-5-8-27-17-12(16(20)25-27)10-22-19(23-15)24-17;1-10-13(5-3-6-20-10)27-11(2)14-17(25-27)28-8-4-7-26-16-12(15(19)24-26)9-21-18(22-14)23-16/h4,6-7,10H,3,5,8-9H2,1-2H3,(H,22,23,24);3,5-6,9H,4,7-8H2,1-2H3,(H,21,22,23). The topological polar surface area (TPSA) is 191 Å². The number of halogens is 2. The van der Waals surface area contributed by atoms with Crippen molar-refractivity contribution in [3.8, 4) is 23.1 Å². The number of ether oxygens (including phenoxy) is 2. The maximum atomic E-state index is 6.22. The van der Waals surface area contributed by atoms with Crippen molar-refractivity contribution in [2.24, 2.45) is 0 Å². The third kappa shape index (κ3) is 6.69. The van der Waals surface area contributed by atoms with Crippen LogP contribution in [0.1, 0.15) is 42.5 Å². The van der Waals surface area contributed by atoms with Crippen LogP contribution in [0.2, 0.25) is 10.3 Å². The zero-order valence-electron chi connectivity index (χ0n) is 31.4. The Balaban J connectivity index is 0.000000148. The first-order valence-corrected chi connectivity index (χ1v) is 19.2. The molecule has 0 aromatic carbocycles. The van der Waals surface area contributed by atoms with Crippen LogP contribution in [0.5, 0.6) is 11.8 Å². The summed E-state index contributed by atoms with van der Waals surface area (Å²) < 4.78 is 19.2. The molecule has 0 aliphatic carbocycles. The van der Waals surface area contributed by atoms with Crippen LogP contribution < -0.4 is 20.1 Å². The van der Waals surface area contributed by atoms with Crippen molar-refractivity contribution in [1.29, 1.82) is 0 Å². The van der Waals surface area contributed by atoms with Gasteiger partial charge in [0.1, 0.15) is 11.4 Å². The molecule has 0 radical (unpaired) electrons. The van der Waals surface area contributed by atoms with E-state index in [0.29, 0.717) is 71.6 Å². The molecule has 0 fully saturated rings. The summed E-state index contributed by atoms with van der Waals surface area (Å²) in [7, 11) is 0. The second-order valence-corrected chi connectivity index (χ2v) is 14.0. The quantitative estimate of drug-likeness (QED) is 0.193. The molecule has 57 heavy (non-hydrogen) atoms. The van der Waals surface area contributed by atoms with Gasteiger partial charge in [-0.15, -0.1) is 10.2 Å². The summed E-state index contributed by atoms with van der Waals surface area (Å²) in [5, 5.41) is 26.9. The number of hydrogen-bond donors (Lipinski definition) is 2. The number of anilines is 4. The average Bonchev–Trinajstić information content (AvgIpc) is 3.91. The molecule has 0 atom stereocenters. The van der Waals surface area contributed by atoms with E-state index in [-0.39, 0.29) is 0 Å². The maximum Gasteiger partial charge on any atom is 0.257 e. The summed E-state index contributed by atoms with van der Waals surface area (Å²) in [6.45, 7) is 10.2. The number of nitrogens with zero attached hydrogens (tertiary/aromatic N) is 14. The Bertz CT molecular complexity index is 2790. The van der Waals surface area contributed by atoms with Gasteiger partial charge in [0.05, 0.1) is 58.1 Å². The Kier molecular flexibility index (Phi) is 9.49. The molecule has 18 nitrogen and oxygen atoms in total. The van der Waals surface area contributed by atoms with Crippen LogP contribution >= 0.6 is 23.2 Å². The first kappa shape index (κ1) is 36.3. The molecule has 4 bridgehead atoms. The summed E-state index contributed by atoms with van der Waals surface area (Å²) in [5.41, 5.74) is 8.27. The summed E-state index contributed by atoms with van der Waals surface area (Å²) >= 11 is 12.4. The van der Waals surface area contributed by atoms with E-state index in [0.717, 1.165) is 75.6 Å². The van der Waals surface area contributed by atoms with Gasteiger partial charge in [-0.1, -0.05) is 30.1 Å². The second-order valence-electron chi connectivity index (χ2n) is 13.3. The number of nitrogens with one attached hydrogen (secondary N) is 2. The van der Waals surface area contributed by atoms with Gasteiger partial charge >= 0.3 is 0 Å². The first-order chi connectivity index (χ1) is 27.8. The van der Waals surface area contributed by atoms with Gasteiger partial charge in [-0.2, -0.15) is 20.2 Å². The third-order valence-electron chi connectivity index (χ3n) is 9.67. The molecule has 0 spiro atoms. The first-order valence-electron chi connectivity index (χ1n) is 18.4. The SMILES string of the molecule is CCc1ncccc1-n1nc2c(c1C)Nc1ncc3c(Cl)nn(c3n1)CCCO2.Cc1ncccc1-n1nc2c(c1C)Nc1ncc3c(Cl)nn(c3n1)CCCO2. The van der Waals surface area contributed by atoms with Gasteiger partial charge in [-0.05, 0) is 51.5 Å². The number of hydrogen-bond acceptors (Lipinski definition) is 14. The lowest BCUT2D eigenvalue weighted by atomic mass is 10.2. The highest BCUT2D eigenvalue weighted by Crippen LogP contribution is 2.35. The van der Waals surface area contributed by atoms with Crippen LogP contribution in [0.15, 0.2) is 49.1 Å². The largest absolute Gasteiger partial charge is 0.475 e. The number of pyridine rings is 2. The zero-order chi connectivity index (χ0) is 39.2. The Morgan fingerprint density at radius 1 is 0.667 bits per heavy atom. The molecule has 8 aromatic heterocycles. The predicted molar refractivity (Wildman–Crippen MR) is 214 cm³/mol. The lowest BCUT2D eigenvalue weighted by Crippen LogP contribution is -2.07. The molecule has 0 saturated heterocycles. The van der Waals surface area contributed by atoms with Crippen molar-refractivity contribution in [3.05, 3.63) is 82.1 Å². The fraction of sp³-hybridized carbons (Fsp3) is 0.297. The van der Waals surface area contributed by atoms with Gasteiger partial charge < -0.3 is 20.1 Å². The van der Waals surface area contributed by atoms with Gasteiger partial charge in [-0.25, -0.2) is 28.7 Å². The number of aromatic nitrogens is 14.